The highest BCUT2D eigenvalue weighted by Crippen LogP contribution is 2.50. The molecule has 1 saturated heterocycles. The van der Waals surface area contributed by atoms with Gasteiger partial charge < -0.3 is 4.74 Å². The van der Waals surface area contributed by atoms with Gasteiger partial charge in [0.2, 0.25) is 0 Å². The Bertz CT molecular complexity index is 346. The van der Waals surface area contributed by atoms with Crippen LogP contribution in [0.2, 0.25) is 0 Å². The molecular formula is C21H42O2S2. The molecule has 0 unspecified atom stereocenters. The number of carbonyl (C=O) groups is 1. The lowest BCUT2D eigenvalue weighted by molar-refractivity contribution is -0.157. The van der Waals surface area contributed by atoms with E-state index in [1.807, 2.05) is 63.1 Å². The van der Waals surface area contributed by atoms with Crippen molar-refractivity contribution >= 4 is 27.6 Å². The molecule has 0 bridgehead atoms. The van der Waals surface area contributed by atoms with Crippen molar-refractivity contribution < 1.29 is 9.53 Å². The first-order chi connectivity index (χ1) is 11.8. The SMILES string of the molecule is C=C[C@@]1(CCCCC(=O)OC(C)(C)CC(C)C)CCSS1.CC.CC. The molecule has 1 aliphatic rings. The summed E-state index contributed by atoms with van der Waals surface area (Å²) in [5, 5.41) is 0. The maximum atomic E-state index is 11.9. The monoisotopic (exact) mass is 390 g/mol. The molecule has 1 fully saturated rings. The average molecular weight is 391 g/mol. The lowest BCUT2D eigenvalue weighted by Gasteiger charge is -2.27. The Labute approximate surface area is 165 Å². The van der Waals surface area contributed by atoms with Gasteiger partial charge in [-0.05, 0) is 45.4 Å². The second-order valence-corrected chi connectivity index (χ2v) is 9.79. The van der Waals surface area contributed by atoms with Gasteiger partial charge in [0.25, 0.3) is 0 Å². The van der Waals surface area contributed by atoms with Crippen LogP contribution < -0.4 is 0 Å². The van der Waals surface area contributed by atoms with Gasteiger partial charge in [-0.15, -0.1) is 6.58 Å². The van der Waals surface area contributed by atoms with E-state index in [1.54, 1.807) is 0 Å². The molecular weight excluding hydrogens is 348 g/mol. The quantitative estimate of drug-likeness (QED) is 0.174. The molecule has 150 valence electrons. The average Bonchev–Trinajstić information content (AvgIpc) is 3.03. The molecule has 4 heteroatoms. The van der Waals surface area contributed by atoms with Crippen LogP contribution in [0.5, 0.6) is 0 Å². The van der Waals surface area contributed by atoms with Gasteiger partial charge >= 0.3 is 5.97 Å². The summed E-state index contributed by atoms with van der Waals surface area (Å²) in [7, 11) is 3.89. The lowest BCUT2D eigenvalue weighted by Crippen LogP contribution is -2.29. The number of carbonyl (C=O) groups excluding carboxylic acids is 1. The number of hydrogen-bond acceptors (Lipinski definition) is 4. The van der Waals surface area contributed by atoms with Gasteiger partial charge in [-0.3, -0.25) is 4.79 Å². The fourth-order valence-electron chi connectivity index (χ4n) is 2.90. The molecule has 0 spiro atoms. The van der Waals surface area contributed by atoms with Gasteiger partial charge in [0.05, 0.1) is 0 Å². The Morgan fingerprint density at radius 3 is 2.28 bits per heavy atom. The molecule has 1 aliphatic heterocycles. The van der Waals surface area contributed by atoms with E-state index in [4.69, 9.17) is 4.74 Å². The molecule has 2 nitrogen and oxygen atoms in total. The molecule has 0 aliphatic carbocycles. The van der Waals surface area contributed by atoms with Gasteiger partial charge in [0.15, 0.2) is 0 Å². The lowest BCUT2D eigenvalue weighted by atomic mass is 9.96. The van der Waals surface area contributed by atoms with Crippen molar-refractivity contribution in [2.75, 3.05) is 5.75 Å². The fraction of sp³-hybridized carbons (Fsp3) is 0.857. The van der Waals surface area contributed by atoms with Crippen molar-refractivity contribution in [1.29, 1.82) is 0 Å². The third-order valence-electron chi connectivity index (χ3n) is 3.73. The molecule has 1 atom stereocenters. The molecule has 25 heavy (non-hydrogen) atoms. The summed E-state index contributed by atoms with van der Waals surface area (Å²) in [6, 6.07) is 0. The van der Waals surface area contributed by atoms with Crippen molar-refractivity contribution in [1.82, 2.24) is 0 Å². The van der Waals surface area contributed by atoms with Crippen molar-refractivity contribution in [3.05, 3.63) is 12.7 Å². The number of ether oxygens (including phenoxy) is 1. The number of esters is 1. The fourth-order valence-corrected chi connectivity index (χ4v) is 6.18. The molecule has 0 amide bonds. The summed E-state index contributed by atoms with van der Waals surface area (Å²) in [6.45, 7) is 20.3. The van der Waals surface area contributed by atoms with Crippen LogP contribution >= 0.6 is 21.6 Å². The predicted molar refractivity (Wildman–Crippen MR) is 118 cm³/mol. The molecule has 1 rings (SSSR count). The molecule has 1 heterocycles. The van der Waals surface area contributed by atoms with Crippen LogP contribution in [-0.2, 0) is 9.53 Å². The van der Waals surface area contributed by atoms with Crippen molar-refractivity contribution in [2.24, 2.45) is 5.92 Å². The van der Waals surface area contributed by atoms with Crippen molar-refractivity contribution in [2.45, 2.75) is 104 Å². The Kier molecular flexibility index (Phi) is 16.3. The minimum absolute atomic E-state index is 0.0539. The second kappa shape index (κ2) is 15.0. The second-order valence-electron chi connectivity index (χ2n) is 6.96. The van der Waals surface area contributed by atoms with E-state index < -0.39 is 0 Å². The molecule has 0 aromatic carbocycles. The minimum atomic E-state index is -0.342. The van der Waals surface area contributed by atoms with Gasteiger partial charge in [-0.25, -0.2) is 0 Å². The molecule has 0 N–H and O–H groups in total. The standard InChI is InChI=1S/C17H30O2S2.2C2H6/c1-6-17(11-12-20-21-17)10-8-7-9-15(18)19-16(4,5)13-14(2)3;2*1-2/h6,14H,1,7-13H2,2-5H3;2*1-2H3/t17-;;/m1../s1. The summed E-state index contributed by atoms with van der Waals surface area (Å²) in [5.74, 6) is 1.70. The Hall–Kier alpha value is -0.0900. The Balaban J connectivity index is 0. The topological polar surface area (TPSA) is 26.3 Å². The van der Waals surface area contributed by atoms with Crippen molar-refractivity contribution in [3.8, 4) is 0 Å². The van der Waals surface area contributed by atoms with E-state index >= 15 is 0 Å². The zero-order chi connectivity index (χ0) is 19.9. The smallest absolute Gasteiger partial charge is 0.306 e. The van der Waals surface area contributed by atoms with Crippen LogP contribution in [0.1, 0.15) is 93.9 Å². The van der Waals surface area contributed by atoms with Crippen LogP contribution in [0.4, 0.5) is 0 Å². The van der Waals surface area contributed by atoms with Gasteiger partial charge in [0, 0.05) is 16.9 Å². The van der Waals surface area contributed by atoms with E-state index in [9.17, 15) is 4.79 Å². The van der Waals surface area contributed by atoms with Gasteiger partial charge in [-0.2, -0.15) is 0 Å². The van der Waals surface area contributed by atoms with E-state index in [1.165, 1.54) is 12.2 Å². The number of rotatable bonds is 9. The van der Waals surface area contributed by atoms with E-state index in [2.05, 4.69) is 26.5 Å². The zero-order valence-electron chi connectivity index (χ0n) is 17.9. The first-order valence-corrected chi connectivity index (χ1v) is 12.3. The highest BCUT2D eigenvalue weighted by atomic mass is 33.1. The maximum Gasteiger partial charge on any atom is 0.306 e. The number of unbranched alkanes of at least 4 members (excludes halogenated alkanes) is 1. The van der Waals surface area contributed by atoms with E-state index in [-0.39, 0.29) is 16.3 Å². The third-order valence-corrected chi connectivity index (χ3v) is 6.97. The van der Waals surface area contributed by atoms with Crippen LogP contribution in [0.25, 0.3) is 0 Å². The van der Waals surface area contributed by atoms with Crippen LogP contribution in [0.15, 0.2) is 12.7 Å². The highest BCUT2D eigenvalue weighted by molar-refractivity contribution is 8.77. The van der Waals surface area contributed by atoms with E-state index in [0.29, 0.717) is 12.3 Å². The summed E-state index contributed by atoms with van der Waals surface area (Å²) in [4.78, 5) is 11.9. The molecule has 0 aromatic rings. The molecule has 0 aromatic heterocycles. The summed E-state index contributed by atoms with van der Waals surface area (Å²) >= 11 is 0. The van der Waals surface area contributed by atoms with Crippen molar-refractivity contribution in [3.63, 3.8) is 0 Å². The van der Waals surface area contributed by atoms with Crippen LogP contribution in [0.3, 0.4) is 0 Å². The first kappa shape index (κ1) is 27.1. The summed E-state index contributed by atoms with van der Waals surface area (Å²) in [6.07, 6.45) is 7.85. The summed E-state index contributed by atoms with van der Waals surface area (Å²) in [5.41, 5.74) is -0.342. The summed E-state index contributed by atoms with van der Waals surface area (Å²) < 4.78 is 5.85. The normalized spacial score (nSPS) is 19.4. The van der Waals surface area contributed by atoms with Crippen LogP contribution in [0, 0.1) is 5.92 Å². The number of hydrogen-bond donors (Lipinski definition) is 0. The largest absolute Gasteiger partial charge is 0.460 e. The molecule has 0 radical (unpaired) electrons. The Morgan fingerprint density at radius 1 is 1.24 bits per heavy atom. The van der Waals surface area contributed by atoms with E-state index in [0.717, 1.165) is 25.7 Å². The van der Waals surface area contributed by atoms with Gasteiger partial charge in [0.1, 0.15) is 5.60 Å². The van der Waals surface area contributed by atoms with Gasteiger partial charge in [-0.1, -0.05) is 75.6 Å². The first-order valence-electron chi connectivity index (χ1n) is 9.95. The van der Waals surface area contributed by atoms with Crippen LogP contribution in [-0.4, -0.2) is 22.1 Å². The third kappa shape index (κ3) is 12.8. The maximum absolute atomic E-state index is 11.9. The highest BCUT2D eigenvalue weighted by Gasteiger charge is 2.32. The predicted octanol–water partition coefficient (Wildman–Crippen LogP) is 7.68. The molecule has 0 saturated carbocycles. The Morgan fingerprint density at radius 2 is 1.84 bits per heavy atom. The minimum Gasteiger partial charge on any atom is -0.460 e. The zero-order valence-corrected chi connectivity index (χ0v) is 19.6.